The molecule has 92 valence electrons. The van der Waals surface area contributed by atoms with Crippen LogP contribution >= 0.6 is 11.8 Å². The summed E-state index contributed by atoms with van der Waals surface area (Å²) in [5, 5.41) is 5.10. The molecule has 0 saturated carbocycles. The Balaban J connectivity index is 2.64. The van der Waals surface area contributed by atoms with Gasteiger partial charge in [-0.1, -0.05) is 11.8 Å². The van der Waals surface area contributed by atoms with Crippen molar-refractivity contribution in [1.29, 1.82) is 0 Å². The van der Waals surface area contributed by atoms with Crippen molar-refractivity contribution >= 4 is 11.8 Å². The summed E-state index contributed by atoms with van der Waals surface area (Å²) in [5.41, 5.74) is -0.0610. The molecule has 1 rings (SSSR count). The third-order valence-corrected chi connectivity index (χ3v) is 3.00. The predicted molar refractivity (Wildman–Crippen MR) is 63.5 cm³/mol. The summed E-state index contributed by atoms with van der Waals surface area (Å²) in [7, 11) is 3.26. The molecule has 0 bridgehead atoms. The third kappa shape index (κ3) is 3.47. The van der Waals surface area contributed by atoms with Gasteiger partial charge in [0.2, 0.25) is 0 Å². The first-order valence-corrected chi connectivity index (χ1v) is 6.06. The van der Waals surface area contributed by atoms with Crippen LogP contribution in [-0.4, -0.2) is 41.0 Å². The fourth-order valence-electron chi connectivity index (χ4n) is 1.16. The van der Waals surface area contributed by atoms with Gasteiger partial charge >= 0.3 is 0 Å². The fraction of sp³-hybridized carbons (Fsp3) is 0.800. The molecule has 0 spiro atoms. The van der Waals surface area contributed by atoms with Crippen molar-refractivity contribution in [2.24, 2.45) is 0 Å². The second kappa shape index (κ2) is 5.65. The van der Waals surface area contributed by atoms with Gasteiger partial charge in [-0.3, -0.25) is 0 Å². The highest BCUT2D eigenvalue weighted by Gasteiger charge is 2.19. The van der Waals surface area contributed by atoms with Gasteiger partial charge in [-0.05, 0) is 20.8 Å². The van der Waals surface area contributed by atoms with Crippen LogP contribution in [0.15, 0.2) is 11.5 Å². The molecule has 1 aromatic rings. The number of aromatic nitrogens is 3. The van der Waals surface area contributed by atoms with Crippen molar-refractivity contribution in [2.75, 3.05) is 20.0 Å². The Hall–Kier alpha value is -0.590. The maximum absolute atomic E-state index is 5.12. The van der Waals surface area contributed by atoms with Crippen LogP contribution in [0.1, 0.15) is 20.8 Å². The van der Waals surface area contributed by atoms with E-state index in [9.17, 15) is 0 Å². The van der Waals surface area contributed by atoms with Crippen LogP contribution in [0.25, 0.3) is 0 Å². The Labute approximate surface area is 101 Å². The lowest BCUT2D eigenvalue weighted by Gasteiger charge is -2.21. The maximum Gasteiger partial charge on any atom is 0.186 e. The average Bonchev–Trinajstić information content (AvgIpc) is 2.67. The highest BCUT2D eigenvalue weighted by Crippen LogP contribution is 2.22. The van der Waals surface area contributed by atoms with Crippen molar-refractivity contribution in [3.63, 3.8) is 0 Å². The lowest BCUT2D eigenvalue weighted by molar-refractivity contribution is -0.0842. The first-order valence-electron chi connectivity index (χ1n) is 5.08. The molecule has 0 aromatic carbocycles. The zero-order chi connectivity index (χ0) is 12.2. The van der Waals surface area contributed by atoms with E-state index in [2.05, 4.69) is 30.9 Å². The molecule has 0 aliphatic rings. The van der Waals surface area contributed by atoms with Crippen LogP contribution < -0.4 is 0 Å². The minimum absolute atomic E-state index is 0.0610. The Morgan fingerprint density at radius 3 is 2.50 bits per heavy atom. The number of methoxy groups -OCH3 is 2. The van der Waals surface area contributed by atoms with Gasteiger partial charge in [0.15, 0.2) is 11.4 Å². The van der Waals surface area contributed by atoms with Gasteiger partial charge in [0.25, 0.3) is 0 Å². The van der Waals surface area contributed by atoms with Gasteiger partial charge in [0.1, 0.15) is 6.33 Å². The van der Waals surface area contributed by atoms with Crippen LogP contribution in [0, 0.1) is 0 Å². The van der Waals surface area contributed by atoms with E-state index in [4.69, 9.17) is 9.47 Å². The minimum atomic E-state index is -0.213. The molecule has 0 atom stereocenters. The minimum Gasteiger partial charge on any atom is -0.355 e. The SMILES string of the molecule is COC(CSc1ncnn1C(C)(C)C)OC. The first-order chi connectivity index (χ1) is 7.49. The standard InChI is InChI=1S/C10H19N3O2S/c1-10(2,3)13-9(11-7-12-13)16-6-8(14-4)15-5/h7-8H,6H2,1-5H3. The van der Waals surface area contributed by atoms with E-state index in [1.807, 2.05) is 4.68 Å². The van der Waals surface area contributed by atoms with E-state index in [-0.39, 0.29) is 11.8 Å². The van der Waals surface area contributed by atoms with Crippen LogP contribution in [-0.2, 0) is 15.0 Å². The molecule has 0 aliphatic heterocycles. The van der Waals surface area contributed by atoms with E-state index in [0.717, 1.165) is 5.16 Å². The Morgan fingerprint density at radius 1 is 1.38 bits per heavy atom. The second-order valence-corrected chi connectivity index (χ2v) is 5.32. The highest BCUT2D eigenvalue weighted by molar-refractivity contribution is 7.99. The van der Waals surface area contributed by atoms with Gasteiger partial charge in [-0.15, -0.1) is 0 Å². The number of ether oxygens (including phenoxy) is 2. The summed E-state index contributed by atoms with van der Waals surface area (Å²) >= 11 is 1.58. The van der Waals surface area contributed by atoms with Crippen LogP contribution in [0.2, 0.25) is 0 Å². The van der Waals surface area contributed by atoms with E-state index in [0.29, 0.717) is 5.75 Å². The van der Waals surface area contributed by atoms with Crippen LogP contribution in [0.5, 0.6) is 0 Å². The first kappa shape index (κ1) is 13.5. The zero-order valence-corrected chi connectivity index (χ0v) is 11.2. The zero-order valence-electron chi connectivity index (χ0n) is 10.4. The summed E-state index contributed by atoms with van der Waals surface area (Å²) in [4.78, 5) is 4.23. The molecule has 1 heterocycles. The Bertz CT molecular complexity index is 318. The third-order valence-electron chi connectivity index (χ3n) is 2.03. The molecule has 0 amide bonds. The number of hydrogen-bond acceptors (Lipinski definition) is 5. The van der Waals surface area contributed by atoms with Crippen molar-refractivity contribution in [3.05, 3.63) is 6.33 Å². The molecule has 0 unspecified atom stereocenters. The quantitative estimate of drug-likeness (QED) is 0.584. The monoisotopic (exact) mass is 245 g/mol. The normalized spacial score (nSPS) is 12.4. The average molecular weight is 245 g/mol. The smallest absolute Gasteiger partial charge is 0.186 e. The van der Waals surface area contributed by atoms with Gasteiger partial charge < -0.3 is 9.47 Å². The van der Waals surface area contributed by atoms with Crippen molar-refractivity contribution in [3.8, 4) is 0 Å². The van der Waals surface area contributed by atoms with Crippen LogP contribution in [0.3, 0.4) is 0 Å². The van der Waals surface area contributed by atoms with E-state index in [1.54, 1.807) is 32.3 Å². The lowest BCUT2D eigenvalue weighted by atomic mass is 10.1. The molecule has 0 N–H and O–H groups in total. The number of thioether (sulfide) groups is 1. The van der Waals surface area contributed by atoms with Gasteiger partial charge in [-0.2, -0.15) is 5.10 Å². The molecule has 1 aromatic heterocycles. The number of rotatable bonds is 5. The van der Waals surface area contributed by atoms with Crippen molar-refractivity contribution < 1.29 is 9.47 Å². The second-order valence-electron chi connectivity index (χ2n) is 4.34. The predicted octanol–water partition coefficient (Wildman–Crippen LogP) is 1.74. The molecule has 0 radical (unpaired) electrons. The largest absolute Gasteiger partial charge is 0.355 e. The molecule has 0 saturated heterocycles. The fourth-order valence-corrected chi connectivity index (χ4v) is 2.29. The summed E-state index contributed by atoms with van der Waals surface area (Å²) < 4.78 is 12.1. The van der Waals surface area contributed by atoms with Crippen molar-refractivity contribution in [1.82, 2.24) is 14.8 Å². The summed E-state index contributed by atoms with van der Waals surface area (Å²) in [5.74, 6) is 0.696. The molecule has 5 nitrogen and oxygen atoms in total. The molecule has 6 heteroatoms. The van der Waals surface area contributed by atoms with E-state index in [1.165, 1.54) is 0 Å². The molecular formula is C10H19N3O2S. The highest BCUT2D eigenvalue weighted by atomic mass is 32.2. The number of hydrogen-bond donors (Lipinski definition) is 0. The lowest BCUT2D eigenvalue weighted by Crippen LogP contribution is -2.24. The summed E-state index contributed by atoms with van der Waals surface area (Å²) in [6.45, 7) is 6.28. The van der Waals surface area contributed by atoms with Gasteiger partial charge in [0.05, 0.1) is 11.3 Å². The maximum atomic E-state index is 5.12. The summed E-state index contributed by atoms with van der Waals surface area (Å²) in [6, 6.07) is 0. The van der Waals surface area contributed by atoms with Gasteiger partial charge in [-0.25, -0.2) is 9.67 Å². The van der Waals surface area contributed by atoms with Gasteiger partial charge in [0, 0.05) is 14.2 Å². The van der Waals surface area contributed by atoms with Crippen LogP contribution in [0.4, 0.5) is 0 Å². The topological polar surface area (TPSA) is 49.2 Å². The Morgan fingerprint density at radius 2 is 2.00 bits per heavy atom. The van der Waals surface area contributed by atoms with E-state index >= 15 is 0 Å². The number of nitrogens with zero attached hydrogens (tertiary/aromatic N) is 3. The molecule has 0 aliphatic carbocycles. The Kier molecular flexibility index (Phi) is 4.76. The molecule has 0 fully saturated rings. The summed E-state index contributed by atoms with van der Waals surface area (Å²) in [6.07, 6.45) is 1.36. The van der Waals surface area contributed by atoms with E-state index < -0.39 is 0 Å². The van der Waals surface area contributed by atoms with Crippen molar-refractivity contribution in [2.45, 2.75) is 37.8 Å². The molecule has 16 heavy (non-hydrogen) atoms. The molecular weight excluding hydrogens is 226 g/mol.